The van der Waals surface area contributed by atoms with Crippen molar-refractivity contribution in [1.82, 2.24) is 9.97 Å². The Bertz CT molecular complexity index is 1630. The van der Waals surface area contributed by atoms with E-state index in [-0.39, 0.29) is 5.78 Å². The standard InChI is InChI=1S/C34H31N3O5/c1-23-29(37-33(42-23)25-9-4-3-5-10-25)18-20-41-27-16-14-24(15-17-27)21-31(34(39)40-2)36-30-13-7-6-12-28(30)32(38)26-11-8-19-35-22-26/h3-17,19,22,31,36H,18,20-21H2,1-2H3/t31-/m0/s1. The molecule has 0 spiro atoms. The van der Waals surface area contributed by atoms with Crippen molar-refractivity contribution in [3.8, 4) is 17.2 Å². The minimum absolute atomic E-state index is 0.187. The van der Waals surface area contributed by atoms with E-state index >= 15 is 0 Å². The molecule has 0 radical (unpaired) electrons. The van der Waals surface area contributed by atoms with Crippen LogP contribution in [0, 0.1) is 6.92 Å². The van der Waals surface area contributed by atoms with Crippen molar-refractivity contribution in [2.75, 3.05) is 19.0 Å². The SMILES string of the molecule is COC(=O)[C@H](Cc1ccc(OCCc2nc(-c3ccccc3)oc2C)cc1)Nc1ccccc1C(=O)c1cccnc1. The number of benzene rings is 3. The number of oxazole rings is 1. The number of anilines is 1. The molecule has 0 saturated carbocycles. The molecule has 42 heavy (non-hydrogen) atoms. The van der Waals surface area contributed by atoms with Gasteiger partial charge in [0, 0.05) is 47.6 Å². The van der Waals surface area contributed by atoms with Crippen LogP contribution < -0.4 is 10.1 Å². The summed E-state index contributed by atoms with van der Waals surface area (Å²) in [6.07, 6.45) is 4.09. The quantitative estimate of drug-likeness (QED) is 0.144. The first kappa shape index (κ1) is 28.3. The van der Waals surface area contributed by atoms with Gasteiger partial charge in [-0.15, -0.1) is 0 Å². The summed E-state index contributed by atoms with van der Waals surface area (Å²) in [5, 5.41) is 3.22. The fourth-order valence-corrected chi connectivity index (χ4v) is 4.57. The van der Waals surface area contributed by atoms with Crippen LogP contribution in [0.15, 0.2) is 108 Å². The van der Waals surface area contributed by atoms with Gasteiger partial charge in [-0.3, -0.25) is 9.78 Å². The predicted molar refractivity (Wildman–Crippen MR) is 160 cm³/mol. The van der Waals surface area contributed by atoms with Crippen LogP contribution in [0.2, 0.25) is 0 Å². The smallest absolute Gasteiger partial charge is 0.328 e. The normalized spacial score (nSPS) is 11.5. The van der Waals surface area contributed by atoms with Crippen LogP contribution in [0.25, 0.3) is 11.5 Å². The number of pyridine rings is 1. The Morgan fingerprint density at radius 3 is 2.43 bits per heavy atom. The van der Waals surface area contributed by atoms with Crippen LogP contribution in [-0.2, 0) is 22.4 Å². The van der Waals surface area contributed by atoms with E-state index < -0.39 is 12.0 Å². The molecule has 8 nitrogen and oxygen atoms in total. The van der Waals surface area contributed by atoms with Crippen molar-refractivity contribution in [2.45, 2.75) is 25.8 Å². The maximum absolute atomic E-state index is 13.1. The number of methoxy groups -OCH3 is 1. The molecule has 1 atom stereocenters. The van der Waals surface area contributed by atoms with Crippen LogP contribution in [0.4, 0.5) is 5.69 Å². The molecule has 8 heteroatoms. The highest BCUT2D eigenvalue weighted by Gasteiger charge is 2.23. The summed E-state index contributed by atoms with van der Waals surface area (Å²) in [5.74, 6) is 1.46. The third-order valence-corrected chi connectivity index (χ3v) is 6.80. The van der Waals surface area contributed by atoms with E-state index in [1.807, 2.05) is 67.6 Å². The van der Waals surface area contributed by atoms with Crippen molar-refractivity contribution in [1.29, 1.82) is 0 Å². The molecule has 2 heterocycles. The number of aryl methyl sites for hydroxylation is 1. The Hall–Kier alpha value is -5.24. The zero-order chi connectivity index (χ0) is 29.3. The summed E-state index contributed by atoms with van der Waals surface area (Å²) < 4.78 is 16.9. The second-order valence-electron chi connectivity index (χ2n) is 9.67. The third kappa shape index (κ3) is 6.90. The van der Waals surface area contributed by atoms with Crippen molar-refractivity contribution in [2.24, 2.45) is 0 Å². The monoisotopic (exact) mass is 561 g/mol. The van der Waals surface area contributed by atoms with Gasteiger partial charge in [0.2, 0.25) is 5.89 Å². The van der Waals surface area contributed by atoms with Gasteiger partial charge < -0.3 is 19.2 Å². The first-order valence-electron chi connectivity index (χ1n) is 13.6. The molecule has 0 aliphatic rings. The molecule has 0 fully saturated rings. The van der Waals surface area contributed by atoms with Gasteiger partial charge in [-0.05, 0) is 61.0 Å². The number of nitrogens with one attached hydrogen (secondary N) is 1. The Morgan fingerprint density at radius 1 is 0.929 bits per heavy atom. The highest BCUT2D eigenvalue weighted by Crippen LogP contribution is 2.24. The van der Waals surface area contributed by atoms with E-state index in [4.69, 9.17) is 13.9 Å². The van der Waals surface area contributed by atoms with Gasteiger partial charge in [0.1, 0.15) is 17.6 Å². The lowest BCUT2D eigenvalue weighted by Crippen LogP contribution is -2.33. The molecule has 0 saturated heterocycles. The van der Waals surface area contributed by atoms with E-state index in [1.54, 1.807) is 36.5 Å². The van der Waals surface area contributed by atoms with E-state index in [1.165, 1.54) is 13.3 Å². The first-order valence-corrected chi connectivity index (χ1v) is 13.6. The molecular weight excluding hydrogens is 530 g/mol. The van der Waals surface area contributed by atoms with Crippen LogP contribution in [0.1, 0.15) is 32.9 Å². The summed E-state index contributed by atoms with van der Waals surface area (Å²) in [7, 11) is 1.35. The molecule has 1 N–H and O–H groups in total. The lowest BCUT2D eigenvalue weighted by Gasteiger charge is -2.20. The summed E-state index contributed by atoms with van der Waals surface area (Å²) in [6, 6.07) is 27.2. The van der Waals surface area contributed by atoms with Crippen LogP contribution in [0.3, 0.4) is 0 Å². The number of esters is 1. The molecule has 212 valence electrons. The fourth-order valence-electron chi connectivity index (χ4n) is 4.57. The number of rotatable bonds is 12. The van der Waals surface area contributed by atoms with Crippen LogP contribution in [0.5, 0.6) is 5.75 Å². The van der Waals surface area contributed by atoms with Crippen LogP contribution in [-0.4, -0.2) is 41.5 Å². The van der Waals surface area contributed by atoms with E-state index in [2.05, 4.69) is 15.3 Å². The average Bonchev–Trinajstić information content (AvgIpc) is 3.42. The summed E-state index contributed by atoms with van der Waals surface area (Å²) in [5.41, 5.74) is 4.15. The van der Waals surface area contributed by atoms with Gasteiger partial charge in [0.05, 0.1) is 19.4 Å². The van der Waals surface area contributed by atoms with Gasteiger partial charge in [-0.25, -0.2) is 9.78 Å². The number of ether oxygens (including phenoxy) is 2. The van der Waals surface area contributed by atoms with Crippen molar-refractivity contribution < 1.29 is 23.5 Å². The Balaban J connectivity index is 1.21. The second-order valence-corrected chi connectivity index (χ2v) is 9.67. The molecule has 0 aliphatic heterocycles. The maximum atomic E-state index is 13.1. The number of hydrogen-bond acceptors (Lipinski definition) is 8. The lowest BCUT2D eigenvalue weighted by atomic mass is 10.0. The van der Waals surface area contributed by atoms with Crippen molar-refractivity contribution in [3.05, 3.63) is 132 Å². The number of carbonyl (C=O) groups is 2. The maximum Gasteiger partial charge on any atom is 0.328 e. The largest absolute Gasteiger partial charge is 0.493 e. The van der Waals surface area contributed by atoms with Gasteiger partial charge >= 0.3 is 5.97 Å². The molecular formula is C34H31N3O5. The summed E-state index contributed by atoms with van der Waals surface area (Å²) >= 11 is 0. The van der Waals surface area contributed by atoms with E-state index in [0.29, 0.717) is 47.9 Å². The predicted octanol–water partition coefficient (Wildman–Crippen LogP) is 6.09. The third-order valence-electron chi connectivity index (χ3n) is 6.80. The van der Waals surface area contributed by atoms with Gasteiger partial charge in [0.15, 0.2) is 5.78 Å². The molecule has 2 aromatic heterocycles. The number of hydrogen-bond donors (Lipinski definition) is 1. The molecule has 3 aromatic carbocycles. The lowest BCUT2D eigenvalue weighted by molar-refractivity contribution is -0.141. The van der Waals surface area contributed by atoms with Crippen LogP contribution >= 0.6 is 0 Å². The van der Waals surface area contributed by atoms with Crippen molar-refractivity contribution >= 4 is 17.4 Å². The molecule has 5 rings (SSSR count). The summed E-state index contributed by atoms with van der Waals surface area (Å²) in [4.78, 5) is 34.5. The van der Waals surface area contributed by atoms with Gasteiger partial charge in [-0.1, -0.05) is 42.5 Å². The fraction of sp³-hybridized carbons (Fsp3) is 0.176. The van der Waals surface area contributed by atoms with Gasteiger partial charge in [-0.2, -0.15) is 0 Å². The highest BCUT2D eigenvalue weighted by atomic mass is 16.5. The summed E-state index contributed by atoms with van der Waals surface area (Å²) in [6.45, 7) is 2.34. The van der Waals surface area contributed by atoms with E-state index in [0.717, 1.165) is 22.6 Å². The number of para-hydroxylation sites is 1. The number of carbonyl (C=O) groups excluding carboxylic acids is 2. The number of aromatic nitrogens is 2. The van der Waals surface area contributed by atoms with E-state index in [9.17, 15) is 9.59 Å². The minimum Gasteiger partial charge on any atom is -0.493 e. The average molecular weight is 562 g/mol. The Morgan fingerprint density at radius 2 is 1.69 bits per heavy atom. The molecule has 5 aromatic rings. The van der Waals surface area contributed by atoms with Gasteiger partial charge in [0.25, 0.3) is 0 Å². The Kier molecular flexibility index (Phi) is 9.03. The molecule has 0 aliphatic carbocycles. The zero-order valence-electron chi connectivity index (χ0n) is 23.4. The van der Waals surface area contributed by atoms with Crippen molar-refractivity contribution in [3.63, 3.8) is 0 Å². The Labute approximate surface area is 244 Å². The first-order chi connectivity index (χ1) is 20.5. The molecule has 0 amide bonds. The second kappa shape index (κ2) is 13.4. The molecule has 0 unspecified atom stereocenters. The minimum atomic E-state index is -0.710. The topological polar surface area (TPSA) is 104 Å². The highest BCUT2D eigenvalue weighted by molar-refractivity contribution is 6.12. The number of nitrogens with zero attached hydrogens (tertiary/aromatic N) is 2. The molecule has 0 bridgehead atoms. The number of ketones is 1. The zero-order valence-corrected chi connectivity index (χ0v) is 23.4.